The van der Waals surface area contributed by atoms with Crippen molar-refractivity contribution in [3.63, 3.8) is 0 Å². The summed E-state index contributed by atoms with van der Waals surface area (Å²) in [5.74, 6) is 0. The third-order valence-corrected chi connectivity index (χ3v) is 6.46. The topological polar surface area (TPSA) is 37.3 Å². The number of nitrogens with zero attached hydrogens (tertiary/aromatic N) is 2. The number of hydrogen-bond acceptors (Lipinski definition) is 1. The molecular formula is C29H29N3O. The number of aryl methyl sites for hydroxylation is 1. The van der Waals surface area contributed by atoms with Gasteiger partial charge in [-0.3, -0.25) is 0 Å². The van der Waals surface area contributed by atoms with Crippen molar-refractivity contribution in [3.05, 3.63) is 125 Å². The highest BCUT2D eigenvalue weighted by Crippen LogP contribution is 2.36. The smallest absolute Gasteiger partial charge is 0.318 e. The number of amides is 2. The van der Waals surface area contributed by atoms with Crippen LogP contribution in [-0.2, 0) is 19.4 Å². The SMILES string of the molecule is CCc1ccc([C@@H]2c3cccn3-c3ccccc3CN2C(=O)NCCc2ccccc2)cc1. The zero-order valence-corrected chi connectivity index (χ0v) is 18.9. The normalized spacial score (nSPS) is 14.8. The van der Waals surface area contributed by atoms with E-state index in [1.54, 1.807) is 0 Å². The molecule has 1 aliphatic heterocycles. The molecule has 4 nitrogen and oxygen atoms in total. The molecule has 3 aromatic carbocycles. The standard InChI is InChI=1S/C29H29N3O/c1-2-22-14-16-24(17-15-22)28-27-13-8-20-31(27)26-12-7-6-11-25(26)21-32(28)29(33)30-19-18-23-9-4-3-5-10-23/h3-17,20,28H,2,18-19,21H2,1H3,(H,30,33)/t28-/m1/s1. The molecule has 1 aromatic heterocycles. The Balaban J connectivity index is 1.49. The van der Waals surface area contributed by atoms with Crippen LogP contribution in [0, 0.1) is 0 Å². The maximum atomic E-state index is 13.6. The van der Waals surface area contributed by atoms with E-state index in [2.05, 4.69) is 89.7 Å². The Bertz CT molecular complexity index is 1230. The molecule has 4 aromatic rings. The second kappa shape index (κ2) is 9.37. The first-order valence-corrected chi connectivity index (χ1v) is 11.7. The van der Waals surface area contributed by atoms with Crippen LogP contribution in [0.2, 0.25) is 0 Å². The molecule has 0 saturated carbocycles. The Labute approximate surface area is 195 Å². The summed E-state index contributed by atoms with van der Waals surface area (Å²) in [5.41, 5.74) is 7.01. The molecule has 1 N–H and O–H groups in total. The maximum Gasteiger partial charge on any atom is 0.318 e. The van der Waals surface area contributed by atoms with Crippen molar-refractivity contribution in [2.45, 2.75) is 32.4 Å². The number of fused-ring (bicyclic) bond motifs is 3. The highest BCUT2D eigenvalue weighted by Gasteiger charge is 2.32. The number of urea groups is 1. The van der Waals surface area contributed by atoms with Crippen LogP contribution in [-0.4, -0.2) is 22.0 Å². The first-order valence-electron chi connectivity index (χ1n) is 11.7. The summed E-state index contributed by atoms with van der Waals surface area (Å²) in [7, 11) is 0. The van der Waals surface area contributed by atoms with Crippen LogP contribution in [0.25, 0.3) is 5.69 Å². The molecule has 0 radical (unpaired) electrons. The lowest BCUT2D eigenvalue weighted by Gasteiger charge is -2.31. The number of benzene rings is 3. The fourth-order valence-corrected chi connectivity index (χ4v) is 4.69. The highest BCUT2D eigenvalue weighted by molar-refractivity contribution is 5.76. The summed E-state index contributed by atoms with van der Waals surface area (Å²) in [5, 5.41) is 3.18. The van der Waals surface area contributed by atoms with E-state index in [1.807, 2.05) is 29.2 Å². The molecule has 5 rings (SSSR count). The van der Waals surface area contributed by atoms with Gasteiger partial charge in [0.15, 0.2) is 0 Å². The molecule has 33 heavy (non-hydrogen) atoms. The molecule has 1 aliphatic rings. The van der Waals surface area contributed by atoms with E-state index < -0.39 is 0 Å². The number of hydrogen-bond donors (Lipinski definition) is 1. The zero-order chi connectivity index (χ0) is 22.6. The molecule has 0 saturated heterocycles. The molecule has 2 amide bonds. The van der Waals surface area contributed by atoms with E-state index in [-0.39, 0.29) is 12.1 Å². The number of carbonyl (C=O) groups is 1. The van der Waals surface area contributed by atoms with Crippen molar-refractivity contribution in [1.29, 1.82) is 0 Å². The first-order chi connectivity index (χ1) is 16.2. The Morgan fingerprint density at radius 3 is 2.42 bits per heavy atom. The van der Waals surface area contributed by atoms with Gasteiger partial charge in [0.25, 0.3) is 0 Å². The van der Waals surface area contributed by atoms with Crippen LogP contribution in [0.1, 0.15) is 40.9 Å². The lowest BCUT2D eigenvalue weighted by atomic mass is 10.00. The van der Waals surface area contributed by atoms with Gasteiger partial charge in [-0.25, -0.2) is 4.79 Å². The number of nitrogens with one attached hydrogen (secondary N) is 1. The van der Waals surface area contributed by atoms with Gasteiger partial charge in [-0.1, -0.05) is 79.7 Å². The van der Waals surface area contributed by atoms with Gasteiger partial charge in [0, 0.05) is 18.4 Å². The predicted octanol–water partition coefficient (Wildman–Crippen LogP) is 5.90. The van der Waals surface area contributed by atoms with Crippen molar-refractivity contribution in [3.8, 4) is 5.69 Å². The molecule has 0 unspecified atom stereocenters. The molecule has 4 heteroatoms. The third kappa shape index (κ3) is 4.29. The molecule has 0 fully saturated rings. The number of para-hydroxylation sites is 1. The lowest BCUT2D eigenvalue weighted by molar-refractivity contribution is 0.181. The Kier molecular flexibility index (Phi) is 5.99. The largest absolute Gasteiger partial charge is 0.338 e. The molecule has 2 heterocycles. The quantitative estimate of drug-likeness (QED) is 0.417. The van der Waals surface area contributed by atoms with Crippen LogP contribution in [0.4, 0.5) is 4.79 Å². The van der Waals surface area contributed by atoms with Gasteiger partial charge in [-0.05, 0) is 53.3 Å². The van der Waals surface area contributed by atoms with E-state index in [0.717, 1.165) is 35.3 Å². The summed E-state index contributed by atoms with van der Waals surface area (Å²) in [6, 6.07) is 31.3. The minimum Gasteiger partial charge on any atom is -0.338 e. The minimum absolute atomic E-state index is 0.0417. The monoisotopic (exact) mass is 435 g/mol. The van der Waals surface area contributed by atoms with E-state index in [4.69, 9.17) is 0 Å². The predicted molar refractivity (Wildman–Crippen MR) is 133 cm³/mol. The number of aromatic nitrogens is 1. The van der Waals surface area contributed by atoms with Crippen LogP contribution in [0.3, 0.4) is 0 Å². The van der Waals surface area contributed by atoms with Crippen LogP contribution >= 0.6 is 0 Å². The fourth-order valence-electron chi connectivity index (χ4n) is 4.69. The molecule has 0 spiro atoms. The Morgan fingerprint density at radius 1 is 0.879 bits per heavy atom. The van der Waals surface area contributed by atoms with E-state index in [0.29, 0.717) is 13.1 Å². The van der Waals surface area contributed by atoms with Crippen LogP contribution < -0.4 is 5.32 Å². The Hall–Kier alpha value is -3.79. The second-order valence-corrected chi connectivity index (χ2v) is 8.52. The van der Waals surface area contributed by atoms with Gasteiger partial charge in [0.2, 0.25) is 0 Å². The summed E-state index contributed by atoms with van der Waals surface area (Å²) in [6.07, 6.45) is 3.90. The Morgan fingerprint density at radius 2 is 1.64 bits per heavy atom. The first kappa shape index (κ1) is 21.1. The van der Waals surface area contributed by atoms with Gasteiger partial charge in [0.05, 0.1) is 18.3 Å². The molecule has 0 aliphatic carbocycles. The molecular weight excluding hydrogens is 406 g/mol. The van der Waals surface area contributed by atoms with E-state index in [1.165, 1.54) is 11.1 Å². The molecule has 166 valence electrons. The van der Waals surface area contributed by atoms with Crippen molar-refractivity contribution in [2.75, 3.05) is 6.54 Å². The van der Waals surface area contributed by atoms with E-state index >= 15 is 0 Å². The summed E-state index contributed by atoms with van der Waals surface area (Å²) in [4.78, 5) is 15.6. The van der Waals surface area contributed by atoms with Gasteiger partial charge in [-0.15, -0.1) is 0 Å². The minimum atomic E-state index is -0.171. The third-order valence-electron chi connectivity index (χ3n) is 6.46. The average molecular weight is 436 g/mol. The highest BCUT2D eigenvalue weighted by atomic mass is 16.2. The second-order valence-electron chi connectivity index (χ2n) is 8.52. The molecule has 0 bridgehead atoms. The van der Waals surface area contributed by atoms with Crippen LogP contribution in [0.5, 0.6) is 0 Å². The number of carbonyl (C=O) groups excluding carboxylic acids is 1. The lowest BCUT2D eigenvalue weighted by Crippen LogP contribution is -2.42. The van der Waals surface area contributed by atoms with Crippen LogP contribution in [0.15, 0.2) is 97.2 Å². The van der Waals surface area contributed by atoms with Crippen molar-refractivity contribution in [1.82, 2.24) is 14.8 Å². The van der Waals surface area contributed by atoms with Crippen molar-refractivity contribution in [2.24, 2.45) is 0 Å². The average Bonchev–Trinajstić information content (AvgIpc) is 3.29. The van der Waals surface area contributed by atoms with Gasteiger partial charge < -0.3 is 14.8 Å². The van der Waals surface area contributed by atoms with Crippen molar-refractivity contribution < 1.29 is 4.79 Å². The van der Waals surface area contributed by atoms with Gasteiger partial charge >= 0.3 is 6.03 Å². The van der Waals surface area contributed by atoms with Gasteiger partial charge in [-0.2, -0.15) is 0 Å². The van der Waals surface area contributed by atoms with Crippen molar-refractivity contribution >= 4 is 6.03 Å². The molecule has 1 atom stereocenters. The summed E-state index contributed by atoms with van der Waals surface area (Å²) >= 11 is 0. The maximum absolute atomic E-state index is 13.6. The summed E-state index contributed by atoms with van der Waals surface area (Å²) in [6.45, 7) is 3.31. The summed E-state index contributed by atoms with van der Waals surface area (Å²) < 4.78 is 2.23. The zero-order valence-electron chi connectivity index (χ0n) is 18.9. The number of rotatable bonds is 5. The van der Waals surface area contributed by atoms with E-state index in [9.17, 15) is 4.79 Å². The fraction of sp³-hybridized carbons (Fsp3) is 0.207. The van der Waals surface area contributed by atoms with Gasteiger partial charge in [0.1, 0.15) is 0 Å².